The molecule has 0 radical (unpaired) electrons. The molecule has 0 fully saturated rings. The lowest BCUT2D eigenvalue weighted by molar-refractivity contribution is 0.104. The summed E-state index contributed by atoms with van der Waals surface area (Å²) in [5.41, 5.74) is 3.28. The number of ether oxygens (including phenoxy) is 3. The van der Waals surface area contributed by atoms with E-state index in [9.17, 15) is 4.79 Å². The molecular weight excluding hydrogens is 384 g/mol. The lowest BCUT2D eigenvalue weighted by atomic mass is 10.1. The Morgan fingerprint density at radius 3 is 2.55 bits per heavy atom. The molecule has 4 rings (SSSR count). The Morgan fingerprint density at radius 2 is 1.79 bits per heavy atom. The van der Waals surface area contributed by atoms with E-state index in [4.69, 9.17) is 14.2 Å². The Morgan fingerprint density at radius 1 is 1.00 bits per heavy atom. The van der Waals surface area contributed by atoms with Gasteiger partial charge in [0.25, 0.3) is 0 Å². The maximum atomic E-state index is 12.9. The van der Waals surface area contributed by atoms with Crippen LogP contribution in [0, 0.1) is 0 Å². The number of carbonyl (C=O) groups is 1. The molecule has 2 aromatic carbocycles. The third-order valence-corrected chi connectivity index (χ3v) is 5.90. The van der Waals surface area contributed by atoms with Crippen LogP contribution in [0.5, 0.6) is 17.2 Å². The van der Waals surface area contributed by atoms with Crippen LogP contribution in [-0.2, 0) is 12.8 Å². The van der Waals surface area contributed by atoms with E-state index in [0.29, 0.717) is 30.1 Å². The van der Waals surface area contributed by atoms with Gasteiger partial charge in [0.1, 0.15) is 5.75 Å². The Kier molecular flexibility index (Phi) is 5.67. The average molecular weight is 407 g/mol. The van der Waals surface area contributed by atoms with Crippen molar-refractivity contribution in [3.05, 3.63) is 81.1 Å². The van der Waals surface area contributed by atoms with Crippen molar-refractivity contribution >= 4 is 23.2 Å². The van der Waals surface area contributed by atoms with E-state index in [1.54, 1.807) is 31.6 Å². The van der Waals surface area contributed by atoms with Gasteiger partial charge in [0.2, 0.25) is 0 Å². The molecule has 1 aliphatic carbocycles. The molecule has 0 atom stereocenters. The SMILES string of the molecule is COc1cc2c(cc1OC)C(=O)/C(=C/c1ccccc1OCCc1cccs1)C2. The van der Waals surface area contributed by atoms with Crippen LogP contribution in [0.2, 0.25) is 0 Å². The molecule has 148 valence electrons. The van der Waals surface area contributed by atoms with Gasteiger partial charge in [0.15, 0.2) is 17.3 Å². The molecule has 4 nitrogen and oxygen atoms in total. The number of carbonyl (C=O) groups excluding carboxylic acids is 1. The first-order valence-corrected chi connectivity index (χ1v) is 10.3. The summed E-state index contributed by atoms with van der Waals surface area (Å²) in [6.45, 7) is 0.600. The first-order chi connectivity index (χ1) is 14.2. The first kappa shape index (κ1) is 19.3. The number of ketones is 1. The molecule has 1 heterocycles. The minimum Gasteiger partial charge on any atom is -0.493 e. The van der Waals surface area contributed by atoms with Gasteiger partial charge in [-0.1, -0.05) is 24.3 Å². The minimum atomic E-state index is 0.0225. The second kappa shape index (κ2) is 8.53. The Bertz CT molecular complexity index is 1050. The summed E-state index contributed by atoms with van der Waals surface area (Å²) >= 11 is 1.73. The number of allylic oxidation sites excluding steroid dienone is 1. The highest BCUT2D eigenvalue weighted by Gasteiger charge is 2.27. The van der Waals surface area contributed by atoms with Crippen LogP contribution in [0.25, 0.3) is 6.08 Å². The number of rotatable bonds is 7. The highest BCUT2D eigenvalue weighted by molar-refractivity contribution is 7.09. The fourth-order valence-electron chi connectivity index (χ4n) is 3.49. The number of para-hydroxylation sites is 1. The van der Waals surface area contributed by atoms with Gasteiger partial charge in [-0.2, -0.15) is 0 Å². The first-order valence-electron chi connectivity index (χ1n) is 9.44. The highest BCUT2D eigenvalue weighted by Crippen LogP contribution is 2.37. The molecule has 3 aromatic rings. The zero-order chi connectivity index (χ0) is 20.2. The number of hydrogen-bond acceptors (Lipinski definition) is 5. The maximum Gasteiger partial charge on any atom is 0.189 e. The van der Waals surface area contributed by atoms with Crippen molar-refractivity contribution in [1.29, 1.82) is 0 Å². The molecule has 0 spiro atoms. The number of benzene rings is 2. The van der Waals surface area contributed by atoms with Crippen molar-refractivity contribution in [3.8, 4) is 17.2 Å². The number of methoxy groups -OCH3 is 2. The van der Waals surface area contributed by atoms with E-state index in [2.05, 4.69) is 11.4 Å². The van der Waals surface area contributed by atoms with E-state index in [1.165, 1.54) is 4.88 Å². The van der Waals surface area contributed by atoms with Crippen molar-refractivity contribution in [1.82, 2.24) is 0 Å². The third-order valence-electron chi connectivity index (χ3n) is 4.96. The summed E-state index contributed by atoms with van der Waals surface area (Å²) in [5.74, 6) is 2.01. The zero-order valence-electron chi connectivity index (χ0n) is 16.4. The molecule has 1 aliphatic rings. The predicted octanol–water partition coefficient (Wildman–Crippen LogP) is 5.21. The van der Waals surface area contributed by atoms with Crippen LogP contribution in [0.1, 0.15) is 26.4 Å². The topological polar surface area (TPSA) is 44.8 Å². The van der Waals surface area contributed by atoms with Gasteiger partial charge in [-0.3, -0.25) is 4.79 Å². The molecule has 5 heteroatoms. The van der Waals surface area contributed by atoms with Gasteiger partial charge in [0, 0.05) is 34.4 Å². The minimum absolute atomic E-state index is 0.0225. The second-order valence-electron chi connectivity index (χ2n) is 6.76. The molecule has 0 bridgehead atoms. The van der Waals surface area contributed by atoms with Gasteiger partial charge >= 0.3 is 0 Å². The van der Waals surface area contributed by atoms with Gasteiger partial charge in [0.05, 0.1) is 20.8 Å². The quantitative estimate of drug-likeness (QED) is 0.505. The van der Waals surface area contributed by atoms with Crippen LogP contribution < -0.4 is 14.2 Å². The molecule has 0 unspecified atom stereocenters. The number of thiophene rings is 1. The van der Waals surface area contributed by atoms with E-state index in [-0.39, 0.29) is 5.78 Å². The van der Waals surface area contributed by atoms with Crippen LogP contribution in [0.15, 0.2) is 59.5 Å². The summed E-state index contributed by atoms with van der Waals surface area (Å²) in [4.78, 5) is 14.2. The Labute approximate surface area is 174 Å². The van der Waals surface area contributed by atoms with Crippen LogP contribution in [-0.4, -0.2) is 26.6 Å². The molecule has 0 saturated heterocycles. The second-order valence-corrected chi connectivity index (χ2v) is 7.79. The summed E-state index contributed by atoms with van der Waals surface area (Å²) < 4.78 is 16.7. The van der Waals surface area contributed by atoms with E-state index >= 15 is 0 Å². The van der Waals surface area contributed by atoms with Crippen molar-refractivity contribution in [3.63, 3.8) is 0 Å². The van der Waals surface area contributed by atoms with E-state index in [0.717, 1.165) is 28.9 Å². The number of Topliss-reactive ketones (excluding diaryl/α,β-unsaturated/α-hetero) is 1. The molecule has 29 heavy (non-hydrogen) atoms. The van der Waals surface area contributed by atoms with Crippen LogP contribution >= 0.6 is 11.3 Å². The molecule has 0 amide bonds. The number of hydrogen-bond donors (Lipinski definition) is 0. The summed E-state index contributed by atoms with van der Waals surface area (Å²) in [6.07, 6.45) is 3.37. The van der Waals surface area contributed by atoms with Gasteiger partial charge < -0.3 is 14.2 Å². The molecule has 0 saturated carbocycles. The van der Waals surface area contributed by atoms with Gasteiger partial charge in [-0.05, 0) is 41.3 Å². The molecule has 0 N–H and O–H groups in total. The van der Waals surface area contributed by atoms with Gasteiger partial charge in [-0.25, -0.2) is 0 Å². The van der Waals surface area contributed by atoms with Crippen LogP contribution in [0.3, 0.4) is 0 Å². The monoisotopic (exact) mass is 406 g/mol. The fourth-order valence-corrected chi connectivity index (χ4v) is 4.18. The standard InChI is InChI=1S/C24H22O4S/c1-26-22-14-17-13-18(24(25)20(17)15-23(22)27-2)12-16-6-3-4-8-21(16)28-10-9-19-7-5-11-29-19/h3-8,11-12,14-15H,9-10,13H2,1-2H3/b18-12+. The average Bonchev–Trinajstić information content (AvgIpc) is 3.36. The summed E-state index contributed by atoms with van der Waals surface area (Å²) in [6, 6.07) is 15.6. The lowest BCUT2D eigenvalue weighted by Crippen LogP contribution is -2.02. The van der Waals surface area contributed by atoms with E-state index in [1.807, 2.05) is 42.5 Å². The Hall–Kier alpha value is -3.05. The van der Waals surface area contributed by atoms with Crippen molar-refractivity contribution in [2.75, 3.05) is 20.8 Å². The summed E-state index contributed by atoms with van der Waals surface area (Å²) in [5, 5.41) is 2.07. The third kappa shape index (κ3) is 4.05. The molecular formula is C24H22O4S. The van der Waals surface area contributed by atoms with Gasteiger partial charge in [-0.15, -0.1) is 11.3 Å². The summed E-state index contributed by atoms with van der Waals surface area (Å²) in [7, 11) is 3.17. The van der Waals surface area contributed by atoms with Crippen LogP contribution in [0.4, 0.5) is 0 Å². The number of fused-ring (bicyclic) bond motifs is 1. The van der Waals surface area contributed by atoms with Crippen molar-refractivity contribution < 1.29 is 19.0 Å². The maximum absolute atomic E-state index is 12.9. The highest BCUT2D eigenvalue weighted by atomic mass is 32.1. The normalized spacial score (nSPS) is 14.1. The lowest BCUT2D eigenvalue weighted by Gasteiger charge is -2.09. The molecule has 0 aliphatic heterocycles. The zero-order valence-corrected chi connectivity index (χ0v) is 17.3. The molecule has 1 aromatic heterocycles. The van der Waals surface area contributed by atoms with Crippen molar-refractivity contribution in [2.45, 2.75) is 12.8 Å². The fraction of sp³-hybridized carbons (Fsp3) is 0.208. The Balaban J connectivity index is 1.56. The smallest absolute Gasteiger partial charge is 0.189 e. The van der Waals surface area contributed by atoms with Crippen molar-refractivity contribution in [2.24, 2.45) is 0 Å². The largest absolute Gasteiger partial charge is 0.493 e. The van der Waals surface area contributed by atoms with E-state index < -0.39 is 0 Å². The predicted molar refractivity (Wildman–Crippen MR) is 116 cm³/mol.